The summed E-state index contributed by atoms with van der Waals surface area (Å²) < 4.78 is 11.1. The molecule has 1 rings (SSSR count). The summed E-state index contributed by atoms with van der Waals surface area (Å²) >= 11 is 0. The third-order valence-electron chi connectivity index (χ3n) is 2.68. The molecule has 0 bridgehead atoms. The molecule has 90 valence electrons. The average Bonchev–Trinajstić information content (AvgIpc) is 2.20. The molecule has 3 nitrogen and oxygen atoms in total. The monoisotopic (exact) mass is 216 g/mol. The topological polar surface area (TPSA) is 38.7 Å². The molecule has 0 amide bonds. The summed E-state index contributed by atoms with van der Waals surface area (Å²) in [7, 11) is 0. The van der Waals surface area contributed by atoms with Crippen molar-refractivity contribution in [2.75, 3.05) is 19.8 Å². The van der Waals surface area contributed by atoms with Crippen LogP contribution < -0.4 is 0 Å². The Morgan fingerprint density at radius 2 is 1.80 bits per heavy atom. The zero-order valence-electron chi connectivity index (χ0n) is 9.95. The highest BCUT2D eigenvalue weighted by molar-refractivity contribution is 4.71. The van der Waals surface area contributed by atoms with Crippen LogP contribution in [0.15, 0.2) is 0 Å². The molecule has 0 heterocycles. The van der Waals surface area contributed by atoms with Crippen molar-refractivity contribution in [3.63, 3.8) is 0 Å². The number of hydrogen-bond donors (Lipinski definition) is 1. The van der Waals surface area contributed by atoms with Gasteiger partial charge in [-0.3, -0.25) is 0 Å². The van der Waals surface area contributed by atoms with Crippen LogP contribution in [0.25, 0.3) is 0 Å². The van der Waals surface area contributed by atoms with Crippen LogP contribution >= 0.6 is 0 Å². The summed E-state index contributed by atoms with van der Waals surface area (Å²) in [4.78, 5) is 0. The number of hydrogen-bond acceptors (Lipinski definition) is 3. The number of rotatable bonds is 6. The molecule has 1 N–H and O–H groups in total. The maximum Gasteiger partial charge on any atom is 0.0704 e. The SMILES string of the molecule is CC(C)COCCOC1CCC(O)CC1. The van der Waals surface area contributed by atoms with Crippen LogP contribution in [-0.2, 0) is 9.47 Å². The molecule has 0 aromatic heterocycles. The fourth-order valence-electron chi connectivity index (χ4n) is 1.80. The average molecular weight is 216 g/mol. The Kier molecular flexibility index (Phi) is 6.22. The molecule has 1 aliphatic carbocycles. The molecule has 0 aromatic carbocycles. The summed E-state index contributed by atoms with van der Waals surface area (Å²) in [5, 5.41) is 9.32. The highest BCUT2D eigenvalue weighted by Gasteiger charge is 2.19. The Morgan fingerprint density at radius 3 is 2.40 bits per heavy atom. The van der Waals surface area contributed by atoms with Crippen LogP contribution in [0.4, 0.5) is 0 Å². The normalized spacial score (nSPS) is 27.2. The molecule has 0 spiro atoms. The summed E-state index contributed by atoms with van der Waals surface area (Å²) in [5.41, 5.74) is 0. The third-order valence-corrected chi connectivity index (χ3v) is 2.68. The number of ether oxygens (including phenoxy) is 2. The summed E-state index contributed by atoms with van der Waals surface area (Å²) in [6.45, 7) is 6.48. The second-order valence-corrected chi connectivity index (χ2v) is 4.77. The van der Waals surface area contributed by atoms with Gasteiger partial charge in [0.1, 0.15) is 0 Å². The largest absolute Gasteiger partial charge is 0.393 e. The lowest BCUT2D eigenvalue weighted by atomic mass is 9.95. The quantitative estimate of drug-likeness (QED) is 0.690. The molecule has 0 aromatic rings. The van der Waals surface area contributed by atoms with Crippen molar-refractivity contribution in [1.29, 1.82) is 0 Å². The van der Waals surface area contributed by atoms with Crippen LogP contribution in [0, 0.1) is 5.92 Å². The van der Waals surface area contributed by atoms with E-state index in [9.17, 15) is 5.11 Å². The van der Waals surface area contributed by atoms with Gasteiger partial charge in [0.25, 0.3) is 0 Å². The minimum atomic E-state index is -0.0953. The van der Waals surface area contributed by atoms with Crippen molar-refractivity contribution in [2.45, 2.75) is 51.7 Å². The van der Waals surface area contributed by atoms with Crippen molar-refractivity contribution in [2.24, 2.45) is 5.92 Å². The third kappa shape index (κ3) is 6.13. The maximum absolute atomic E-state index is 9.32. The highest BCUT2D eigenvalue weighted by Crippen LogP contribution is 2.20. The Labute approximate surface area is 92.8 Å². The van der Waals surface area contributed by atoms with Gasteiger partial charge in [0.15, 0.2) is 0 Å². The lowest BCUT2D eigenvalue weighted by Gasteiger charge is -2.25. The minimum absolute atomic E-state index is 0.0953. The molecule has 0 aliphatic heterocycles. The smallest absolute Gasteiger partial charge is 0.0704 e. The molecule has 1 saturated carbocycles. The molecule has 0 unspecified atom stereocenters. The number of aliphatic hydroxyl groups is 1. The zero-order chi connectivity index (χ0) is 11.1. The summed E-state index contributed by atoms with van der Waals surface area (Å²) in [6, 6.07) is 0. The Hall–Kier alpha value is -0.120. The first-order valence-corrected chi connectivity index (χ1v) is 6.06. The van der Waals surface area contributed by atoms with Gasteiger partial charge in [0.2, 0.25) is 0 Å². The lowest BCUT2D eigenvalue weighted by Crippen LogP contribution is -2.25. The van der Waals surface area contributed by atoms with Crippen molar-refractivity contribution in [3.05, 3.63) is 0 Å². The Balaban J connectivity index is 1.91. The van der Waals surface area contributed by atoms with E-state index in [1.807, 2.05) is 0 Å². The highest BCUT2D eigenvalue weighted by atomic mass is 16.5. The molecule has 1 fully saturated rings. The molecule has 1 aliphatic rings. The van der Waals surface area contributed by atoms with E-state index >= 15 is 0 Å². The maximum atomic E-state index is 9.32. The Morgan fingerprint density at radius 1 is 1.13 bits per heavy atom. The van der Waals surface area contributed by atoms with Crippen LogP contribution in [0.2, 0.25) is 0 Å². The fraction of sp³-hybridized carbons (Fsp3) is 1.00. The number of aliphatic hydroxyl groups excluding tert-OH is 1. The van der Waals surface area contributed by atoms with E-state index in [-0.39, 0.29) is 6.10 Å². The summed E-state index contributed by atoms with van der Waals surface area (Å²) in [5.74, 6) is 0.592. The van der Waals surface area contributed by atoms with Crippen molar-refractivity contribution in [3.8, 4) is 0 Å². The molecule has 0 atom stereocenters. The lowest BCUT2D eigenvalue weighted by molar-refractivity contribution is -0.0311. The zero-order valence-corrected chi connectivity index (χ0v) is 9.95. The van der Waals surface area contributed by atoms with Crippen LogP contribution in [0.3, 0.4) is 0 Å². The van der Waals surface area contributed by atoms with Gasteiger partial charge in [-0.25, -0.2) is 0 Å². The van der Waals surface area contributed by atoms with E-state index in [0.29, 0.717) is 25.2 Å². The second-order valence-electron chi connectivity index (χ2n) is 4.77. The molecule has 3 heteroatoms. The van der Waals surface area contributed by atoms with E-state index in [1.54, 1.807) is 0 Å². The molecular weight excluding hydrogens is 192 g/mol. The molecular formula is C12H24O3. The van der Waals surface area contributed by atoms with E-state index in [4.69, 9.17) is 9.47 Å². The predicted octanol–water partition coefficient (Wildman–Crippen LogP) is 1.98. The van der Waals surface area contributed by atoms with Crippen LogP contribution in [0.5, 0.6) is 0 Å². The second kappa shape index (κ2) is 7.20. The van der Waals surface area contributed by atoms with E-state index in [0.717, 1.165) is 32.3 Å². The first-order chi connectivity index (χ1) is 7.18. The first-order valence-electron chi connectivity index (χ1n) is 6.06. The Bertz CT molecular complexity index is 151. The molecule has 0 saturated heterocycles. The van der Waals surface area contributed by atoms with Gasteiger partial charge >= 0.3 is 0 Å². The van der Waals surface area contributed by atoms with Gasteiger partial charge in [-0.1, -0.05) is 13.8 Å². The van der Waals surface area contributed by atoms with Crippen molar-refractivity contribution >= 4 is 0 Å². The van der Waals surface area contributed by atoms with Gasteiger partial charge in [0, 0.05) is 6.61 Å². The van der Waals surface area contributed by atoms with Gasteiger partial charge < -0.3 is 14.6 Å². The van der Waals surface area contributed by atoms with Crippen molar-refractivity contribution < 1.29 is 14.6 Å². The van der Waals surface area contributed by atoms with Gasteiger partial charge in [-0.2, -0.15) is 0 Å². The standard InChI is InChI=1S/C12H24O3/c1-10(2)9-14-7-8-15-12-5-3-11(13)4-6-12/h10-13H,3-9H2,1-2H3. The van der Waals surface area contributed by atoms with Crippen molar-refractivity contribution in [1.82, 2.24) is 0 Å². The van der Waals surface area contributed by atoms with E-state index in [1.165, 1.54) is 0 Å². The summed E-state index contributed by atoms with van der Waals surface area (Å²) in [6.07, 6.45) is 4.00. The van der Waals surface area contributed by atoms with E-state index in [2.05, 4.69) is 13.8 Å². The first kappa shape index (κ1) is 12.9. The van der Waals surface area contributed by atoms with Crippen LogP contribution in [-0.4, -0.2) is 37.1 Å². The fourth-order valence-corrected chi connectivity index (χ4v) is 1.80. The van der Waals surface area contributed by atoms with E-state index < -0.39 is 0 Å². The molecule has 15 heavy (non-hydrogen) atoms. The van der Waals surface area contributed by atoms with Crippen LogP contribution in [0.1, 0.15) is 39.5 Å². The van der Waals surface area contributed by atoms with Gasteiger partial charge in [0.05, 0.1) is 25.4 Å². The van der Waals surface area contributed by atoms with Gasteiger partial charge in [-0.05, 0) is 31.6 Å². The predicted molar refractivity (Wildman–Crippen MR) is 59.9 cm³/mol. The minimum Gasteiger partial charge on any atom is -0.393 e. The molecule has 0 radical (unpaired) electrons. The van der Waals surface area contributed by atoms with Gasteiger partial charge in [-0.15, -0.1) is 0 Å².